The van der Waals surface area contributed by atoms with Crippen molar-refractivity contribution >= 4 is 38.6 Å². The molecule has 3 N–H and O–H groups in total. The summed E-state index contributed by atoms with van der Waals surface area (Å²) in [7, 11) is 0. The zero-order chi connectivity index (χ0) is 20.3. The van der Waals surface area contributed by atoms with Crippen molar-refractivity contribution in [3.63, 3.8) is 0 Å². The molecular formula is C21H27N7OS. The number of pyridine rings is 1. The number of nitrogens with one attached hydrogen (secondary N) is 2. The van der Waals surface area contributed by atoms with E-state index in [9.17, 15) is 5.11 Å². The quantitative estimate of drug-likeness (QED) is 0.552. The first kappa shape index (κ1) is 19.6. The Bertz CT molecular complexity index is 963. The van der Waals surface area contributed by atoms with E-state index in [1.54, 1.807) is 6.20 Å². The molecule has 8 nitrogen and oxygen atoms in total. The minimum absolute atomic E-state index is 0.171. The number of aliphatic hydroxyl groups excluding tert-OH is 1. The first-order valence-corrected chi connectivity index (χ1v) is 11.6. The van der Waals surface area contributed by atoms with Crippen LogP contribution in [0.2, 0.25) is 0 Å². The molecule has 158 valence electrons. The minimum Gasteiger partial charge on any atom is -0.393 e. The maximum Gasteiger partial charge on any atom is 0.225 e. The Kier molecular flexibility index (Phi) is 5.74. The van der Waals surface area contributed by atoms with E-state index >= 15 is 0 Å². The number of aliphatic hydroxyl groups is 1. The van der Waals surface area contributed by atoms with Gasteiger partial charge in [0, 0.05) is 24.8 Å². The number of aromatic nitrogens is 4. The molecule has 0 spiro atoms. The second-order valence-corrected chi connectivity index (χ2v) is 9.15. The Morgan fingerprint density at radius 1 is 1.10 bits per heavy atom. The van der Waals surface area contributed by atoms with Gasteiger partial charge in [0.2, 0.25) is 5.95 Å². The molecule has 1 aliphatic carbocycles. The van der Waals surface area contributed by atoms with Crippen LogP contribution in [0.4, 0.5) is 16.9 Å². The van der Waals surface area contributed by atoms with E-state index in [4.69, 9.17) is 9.97 Å². The standard InChI is InChI=1S/C21H27N7OS/c29-16-7-5-14(6-8-16)23-20-24-15(13-28-10-1-2-11-28)12-18(26-20)27-21-25-17-4-3-9-22-19(17)30-21/h3-4,9,12,14,16,29H,1-2,5-8,10-11,13H2,(H2,23,24,25,26,27). The maximum absolute atomic E-state index is 9.78. The van der Waals surface area contributed by atoms with Gasteiger partial charge < -0.3 is 15.7 Å². The minimum atomic E-state index is -0.171. The van der Waals surface area contributed by atoms with Gasteiger partial charge >= 0.3 is 0 Å². The molecule has 0 aromatic carbocycles. The molecule has 30 heavy (non-hydrogen) atoms. The molecule has 3 aromatic heterocycles. The summed E-state index contributed by atoms with van der Waals surface area (Å²) in [4.78, 5) is 21.9. The molecule has 0 amide bonds. The summed E-state index contributed by atoms with van der Waals surface area (Å²) in [6.07, 6.45) is 7.65. The second kappa shape index (κ2) is 8.79. The molecule has 1 saturated carbocycles. The summed E-state index contributed by atoms with van der Waals surface area (Å²) < 4.78 is 0. The highest BCUT2D eigenvalue weighted by molar-refractivity contribution is 7.21. The number of hydrogen-bond acceptors (Lipinski definition) is 9. The van der Waals surface area contributed by atoms with Crippen molar-refractivity contribution in [3.05, 3.63) is 30.1 Å². The lowest BCUT2D eigenvalue weighted by Gasteiger charge is -2.26. The maximum atomic E-state index is 9.78. The van der Waals surface area contributed by atoms with Gasteiger partial charge in [-0.2, -0.15) is 4.98 Å². The number of anilines is 3. The predicted octanol–water partition coefficient (Wildman–Crippen LogP) is 3.54. The van der Waals surface area contributed by atoms with Gasteiger partial charge in [0.25, 0.3) is 0 Å². The highest BCUT2D eigenvalue weighted by Crippen LogP contribution is 2.27. The van der Waals surface area contributed by atoms with Crippen LogP contribution < -0.4 is 10.6 Å². The Morgan fingerprint density at radius 2 is 1.93 bits per heavy atom. The third-order valence-electron chi connectivity index (χ3n) is 5.79. The van der Waals surface area contributed by atoms with E-state index in [1.807, 2.05) is 18.2 Å². The summed E-state index contributed by atoms with van der Waals surface area (Å²) in [6.45, 7) is 3.08. The Labute approximate surface area is 179 Å². The summed E-state index contributed by atoms with van der Waals surface area (Å²) >= 11 is 1.52. The summed E-state index contributed by atoms with van der Waals surface area (Å²) in [5.41, 5.74) is 1.89. The molecule has 3 aromatic rings. The zero-order valence-corrected chi connectivity index (χ0v) is 17.7. The Balaban J connectivity index is 1.38. The van der Waals surface area contributed by atoms with E-state index in [-0.39, 0.29) is 6.10 Å². The molecule has 0 atom stereocenters. The van der Waals surface area contributed by atoms with Gasteiger partial charge in [0.15, 0.2) is 5.13 Å². The smallest absolute Gasteiger partial charge is 0.225 e. The number of hydrogen-bond donors (Lipinski definition) is 3. The largest absolute Gasteiger partial charge is 0.393 e. The monoisotopic (exact) mass is 425 g/mol. The van der Waals surface area contributed by atoms with Crippen molar-refractivity contribution in [3.8, 4) is 0 Å². The van der Waals surface area contributed by atoms with E-state index in [0.717, 1.165) is 72.3 Å². The van der Waals surface area contributed by atoms with E-state index in [1.165, 1.54) is 24.2 Å². The lowest BCUT2D eigenvalue weighted by molar-refractivity contribution is 0.126. The predicted molar refractivity (Wildman–Crippen MR) is 119 cm³/mol. The average molecular weight is 426 g/mol. The molecule has 0 bridgehead atoms. The molecule has 5 rings (SSSR count). The van der Waals surface area contributed by atoms with Gasteiger partial charge in [-0.1, -0.05) is 11.3 Å². The number of nitrogens with zero attached hydrogens (tertiary/aromatic N) is 5. The number of thiazole rings is 1. The number of fused-ring (bicyclic) bond motifs is 1. The van der Waals surface area contributed by atoms with Crippen molar-refractivity contribution < 1.29 is 5.11 Å². The fourth-order valence-electron chi connectivity index (χ4n) is 4.21. The highest BCUT2D eigenvalue weighted by Gasteiger charge is 2.21. The molecule has 9 heteroatoms. The van der Waals surface area contributed by atoms with Gasteiger partial charge in [-0.05, 0) is 63.7 Å². The van der Waals surface area contributed by atoms with Crippen molar-refractivity contribution in [2.45, 2.75) is 57.2 Å². The van der Waals surface area contributed by atoms with Gasteiger partial charge in [-0.25, -0.2) is 15.0 Å². The molecule has 0 radical (unpaired) electrons. The molecule has 2 fully saturated rings. The van der Waals surface area contributed by atoms with Gasteiger partial charge in [-0.3, -0.25) is 4.90 Å². The molecule has 4 heterocycles. The van der Waals surface area contributed by atoms with Crippen LogP contribution in [0.25, 0.3) is 10.3 Å². The SMILES string of the molecule is OC1CCC(Nc2nc(CN3CCCC3)cc(Nc3nc4cccnc4s3)n2)CC1. The van der Waals surface area contributed by atoms with Crippen LogP contribution in [0.5, 0.6) is 0 Å². The second-order valence-electron chi connectivity index (χ2n) is 8.17. The van der Waals surface area contributed by atoms with Crippen molar-refractivity contribution in [1.29, 1.82) is 0 Å². The number of rotatable bonds is 6. The van der Waals surface area contributed by atoms with Crippen LogP contribution in [0.15, 0.2) is 24.4 Å². The third kappa shape index (κ3) is 4.69. The van der Waals surface area contributed by atoms with Crippen LogP contribution in [-0.2, 0) is 6.54 Å². The van der Waals surface area contributed by atoms with Crippen LogP contribution in [0, 0.1) is 0 Å². The third-order valence-corrected chi connectivity index (χ3v) is 6.69. The van der Waals surface area contributed by atoms with E-state index in [2.05, 4.69) is 25.5 Å². The lowest BCUT2D eigenvalue weighted by atomic mass is 9.93. The summed E-state index contributed by atoms with van der Waals surface area (Å²) in [5.74, 6) is 1.39. The van der Waals surface area contributed by atoms with Crippen molar-refractivity contribution in [2.24, 2.45) is 0 Å². The first-order chi connectivity index (χ1) is 14.7. The van der Waals surface area contributed by atoms with Crippen LogP contribution in [-0.4, -0.2) is 55.2 Å². The zero-order valence-electron chi connectivity index (χ0n) is 16.9. The topological polar surface area (TPSA) is 99.1 Å². The van der Waals surface area contributed by atoms with Crippen molar-refractivity contribution in [1.82, 2.24) is 24.8 Å². The van der Waals surface area contributed by atoms with Gasteiger partial charge in [0.05, 0.1) is 11.8 Å². The van der Waals surface area contributed by atoms with Crippen LogP contribution in [0.3, 0.4) is 0 Å². The molecule has 1 saturated heterocycles. The van der Waals surface area contributed by atoms with Crippen molar-refractivity contribution in [2.75, 3.05) is 23.7 Å². The Hall–Kier alpha value is -2.36. The fraction of sp³-hybridized carbons (Fsp3) is 0.524. The Morgan fingerprint density at radius 3 is 2.73 bits per heavy atom. The molecule has 0 unspecified atom stereocenters. The summed E-state index contributed by atoms with van der Waals surface area (Å²) in [6, 6.07) is 6.18. The lowest BCUT2D eigenvalue weighted by Crippen LogP contribution is -2.29. The summed E-state index contributed by atoms with van der Waals surface area (Å²) in [5, 5.41) is 17.4. The number of likely N-dealkylation sites (tertiary alicyclic amines) is 1. The molecule has 1 aliphatic heterocycles. The normalized spacial score (nSPS) is 22.4. The fourth-order valence-corrected chi connectivity index (χ4v) is 5.03. The first-order valence-electron chi connectivity index (χ1n) is 10.7. The molecule has 2 aliphatic rings. The molecular weight excluding hydrogens is 398 g/mol. The van der Waals surface area contributed by atoms with E-state index in [0.29, 0.717) is 12.0 Å². The highest BCUT2D eigenvalue weighted by atomic mass is 32.1. The van der Waals surface area contributed by atoms with Gasteiger partial charge in [0.1, 0.15) is 16.2 Å². The van der Waals surface area contributed by atoms with Crippen LogP contribution >= 0.6 is 11.3 Å². The van der Waals surface area contributed by atoms with E-state index < -0.39 is 0 Å². The van der Waals surface area contributed by atoms with Gasteiger partial charge in [-0.15, -0.1) is 0 Å². The average Bonchev–Trinajstić information content (AvgIpc) is 3.38. The van der Waals surface area contributed by atoms with Crippen LogP contribution in [0.1, 0.15) is 44.2 Å².